The summed E-state index contributed by atoms with van der Waals surface area (Å²) in [5.74, 6) is 0. The highest BCUT2D eigenvalue weighted by atomic mass is 28.3. The maximum Gasteiger partial charge on any atom is 0.182 e. The first-order valence-electron chi connectivity index (χ1n) is 5.16. The predicted molar refractivity (Wildman–Crippen MR) is 60.5 cm³/mol. The Morgan fingerprint density at radius 3 is 2.50 bits per heavy atom. The highest BCUT2D eigenvalue weighted by Crippen LogP contribution is 2.43. The summed E-state index contributed by atoms with van der Waals surface area (Å²) >= 11 is 0. The van der Waals surface area contributed by atoms with E-state index in [2.05, 4.69) is 20.8 Å². The second-order valence-electron chi connectivity index (χ2n) is 4.83. The molecule has 1 aliphatic heterocycles. The van der Waals surface area contributed by atoms with E-state index in [4.69, 9.17) is 4.43 Å². The van der Waals surface area contributed by atoms with E-state index in [1.54, 1.807) is 0 Å². The Labute approximate surface area is 81.0 Å². The first-order valence-corrected chi connectivity index (χ1v) is 8.18. The average molecular weight is 202 g/mol. The molecule has 0 aromatic rings. The van der Waals surface area contributed by atoms with Gasteiger partial charge in [0.15, 0.2) is 9.04 Å². The van der Waals surface area contributed by atoms with Crippen LogP contribution in [0.15, 0.2) is 0 Å². The molecule has 0 amide bonds. The van der Waals surface area contributed by atoms with E-state index in [1.165, 1.54) is 29.1 Å². The maximum atomic E-state index is 5.97. The van der Waals surface area contributed by atoms with Gasteiger partial charge >= 0.3 is 0 Å². The molecule has 2 atom stereocenters. The molecular weight excluding hydrogens is 180 g/mol. The smallest absolute Gasteiger partial charge is 0.182 e. The van der Waals surface area contributed by atoms with E-state index in [9.17, 15) is 0 Å². The molecule has 12 heavy (non-hydrogen) atoms. The highest BCUT2D eigenvalue weighted by Gasteiger charge is 2.35. The highest BCUT2D eigenvalue weighted by molar-refractivity contribution is 6.57. The van der Waals surface area contributed by atoms with E-state index in [-0.39, 0.29) is 0 Å². The van der Waals surface area contributed by atoms with Crippen LogP contribution < -0.4 is 0 Å². The van der Waals surface area contributed by atoms with Crippen LogP contribution in [0.1, 0.15) is 33.6 Å². The molecule has 0 aromatic carbocycles. The van der Waals surface area contributed by atoms with Crippen LogP contribution in [-0.2, 0) is 4.43 Å². The standard InChI is InChI=1S/C9H22OSi2/c1-8(11)9(2,3)12-7-5-4-6-10-12/h8,12H,4-7H2,1-3,11H3. The Balaban J connectivity index is 2.53. The van der Waals surface area contributed by atoms with Gasteiger partial charge in [-0.2, -0.15) is 0 Å². The molecule has 0 bridgehead atoms. The third-order valence-electron chi connectivity index (χ3n) is 3.50. The van der Waals surface area contributed by atoms with Crippen molar-refractivity contribution in [1.82, 2.24) is 0 Å². The van der Waals surface area contributed by atoms with Gasteiger partial charge in [0.1, 0.15) is 0 Å². The lowest BCUT2D eigenvalue weighted by molar-refractivity contribution is 0.266. The molecule has 0 aromatic heterocycles. The zero-order chi connectivity index (χ0) is 9.19. The van der Waals surface area contributed by atoms with Crippen LogP contribution in [0, 0.1) is 0 Å². The third kappa shape index (κ3) is 2.21. The average Bonchev–Trinajstić information content (AvgIpc) is 2.06. The summed E-state index contributed by atoms with van der Waals surface area (Å²) in [5, 5.41) is 0.548. The summed E-state index contributed by atoms with van der Waals surface area (Å²) < 4.78 is 5.97. The van der Waals surface area contributed by atoms with Crippen LogP contribution >= 0.6 is 0 Å². The quantitative estimate of drug-likeness (QED) is 0.616. The predicted octanol–water partition coefficient (Wildman–Crippen LogP) is 1.47. The van der Waals surface area contributed by atoms with E-state index >= 15 is 0 Å². The third-order valence-corrected chi connectivity index (χ3v) is 9.55. The van der Waals surface area contributed by atoms with Crippen molar-refractivity contribution in [3.05, 3.63) is 0 Å². The summed E-state index contributed by atoms with van der Waals surface area (Å²) in [6.45, 7) is 8.28. The van der Waals surface area contributed by atoms with Crippen LogP contribution in [0.4, 0.5) is 0 Å². The van der Waals surface area contributed by atoms with E-state index < -0.39 is 9.04 Å². The van der Waals surface area contributed by atoms with Crippen LogP contribution in [0.3, 0.4) is 0 Å². The molecule has 1 fully saturated rings. The number of hydrogen-bond donors (Lipinski definition) is 0. The van der Waals surface area contributed by atoms with Gasteiger partial charge in [-0.15, -0.1) is 0 Å². The van der Waals surface area contributed by atoms with Crippen molar-refractivity contribution in [1.29, 1.82) is 0 Å². The Bertz CT molecular complexity index is 139. The normalized spacial score (nSPS) is 28.8. The largest absolute Gasteiger partial charge is 0.420 e. The fourth-order valence-electron chi connectivity index (χ4n) is 1.70. The Morgan fingerprint density at radius 1 is 1.42 bits per heavy atom. The first kappa shape index (κ1) is 10.5. The minimum atomic E-state index is -0.858. The van der Waals surface area contributed by atoms with E-state index in [0.717, 1.165) is 12.1 Å². The maximum absolute atomic E-state index is 5.97. The van der Waals surface area contributed by atoms with Gasteiger partial charge in [0.25, 0.3) is 0 Å². The monoisotopic (exact) mass is 202 g/mol. The van der Waals surface area contributed by atoms with Crippen molar-refractivity contribution in [3.63, 3.8) is 0 Å². The molecular formula is C9H22OSi2. The van der Waals surface area contributed by atoms with Crippen molar-refractivity contribution in [2.45, 2.75) is 50.2 Å². The molecule has 1 rings (SSSR count). The minimum Gasteiger partial charge on any atom is -0.420 e. The van der Waals surface area contributed by atoms with Crippen molar-refractivity contribution < 1.29 is 4.43 Å². The summed E-state index contributed by atoms with van der Waals surface area (Å²) in [7, 11) is 0.457. The zero-order valence-electron chi connectivity index (χ0n) is 8.89. The molecule has 0 saturated carbocycles. The van der Waals surface area contributed by atoms with Gasteiger partial charge in [-0.1, -0.05) is 32.7 Å². The lowest BCUT2D eigenvalue weighted by Crippen LogP contribution is -2.36. The van der Waals surface area contributed by atoms with Gasteiger partial charge in [0.2, 0.25) is 0 Å². The molecule has 1 aliphatic rings. The molecule has 1 nitrogen and oxygen atoms in total. The summed E-state index contributed by atoms with van der Waals surface area (Å²) in [5.41, 5.74) is 0.910. The van der Waals surface area contributed by atoms with Gasteiger partial charge in [0, 0.05) is 16.8 Å². The van der Waals surface area contributed by atoms with Crippen molar-refractivity contribution in [2.75, 3.05) is 6.61 Å². The summed E-state index contributed by atoms with van der Waals surface area (Å²) in [6, 6.07) is 1.42. The van der Waals surface area contributed by atoms with Crippen LogP contribution in [0.25, 0.3) is 0 Å². The van der Waals surface area contributed by atoms with Gasteiger partial charge in [-0.05, 0) is 17.5 Å². The molecule has 72 valence electrons. The molecule has 2 unspecified atom stereocenters. The lowest BCUT2D eigenvalue weighted by Gasteiger charge is -2.38. The molecule has 1 heterocycles. The van der Waals surface area contributed by atoms with E-state index in [0.29, 0.717) is 5.04 Å². The molecule has 3 heteroatoms. The molecule has 0 aliphatic carbocycles. The first-order chi connectivity index (χ1) is 5.55. The van der Waals surface area contributed by atoms with Crippen LogP contribution in [0.5, 0.6) is 0 Å². The van der Waals surface area contributed by atoms with E-state index in [1.807, 2.05) is 0 Å². The molecule has 0 spiro atoms. The number of rotatable bonds is 2. The Morgan fingerprint density at radius 2 is 2.08 bits per heavy atom. The summed E-state index contributed by atoms with van der Waals surface area (Å²) in [4.78, 5) is 0. The van der Waals surface area contributed by atoms with Gasteiger partial charge < -0.3 is 4.43 Å². The number of hydrogen-bond acceptors (Lipinski definition) is 1. The second kappa shape index (κ2) is 4.07. The Hall–Kier alpha value is 0.394. The van der Waals surface area contributed by atoms with Crippen LogP contribution in [-0.4, -0.2) is 25.9 Å². The fourth-order valence-corrected chi connectivity index (χ4v) is 6.01. The van der Waals surface area contributed by atoms with Crippen molar-refractivity contribution >= 4 is 19.3 Å². The minimum absolute atomic E-state index is 0.548. The van der Waals surface area contributed by atoms with Crippen LogP contribution in [0.2, 0.25) is 16.6 Å². The molecule has 0 radical (unpaired) electrons. The Kier molecular flexibility index (Phi) is 3.55. The zero-order valence-corrected chi connectivity index (χ0v) is 12.0. The molecule has 1 saturated heterocycles. The molecule has 0 N–H and O–H groups in total. The fraction of sp³-hybridized carbons (Fsp3) is 1.00. The van der Waals surface area contributed by atoms with Gasteiger partial charge in [-0.25, -0.2) is 0 Å². The topological polar surface area (TPSA) is 9.23 Å². The van der Waals surface area contributed by atoms with Gasteiger partial charge in [0.05, 0.1) is 0 Å². The summed E-state index contributed by atoms with van der Waals surface area (Å²) in [6.07, 6.45) is 2.73. The SMILES string of the molecule is CC([SiH3])C(C)(C)[SiH]1CCCCO1. The second-order valence-corrected chi connectivity index (χ2v) is 9.94. The van der Waals surface area contributed by atoms with Crippen molar-refractivity contribution in [3.8, 4) is 0 Å². The van der Waals surface area contributed by atoms with Crippen molar-refractivity contribution in [2.24, 2.45) is 0 Å². The van der Waals surface area contributed by atoms with Gasteiger partial charge in [-0.3, -0.25) is 0 Å². The lowest BCUT2D eigenvalue weighted by atomic mass is 10.1.